The molecular weight excluding hydrogens is 1130 g/mol. The van der Waals surface area contributed by atoms with Crippen molar-refractivity contribution in [3.8, 4) is 11.3 Å². The molecular formula is C56H74FN13O16. The number of aromatic carboxylic acids is 1. The lowest BCUT2D eigenvalue weighted by atomic mass is 9.84. The molecule has 2 saturated carbocycles. The fourth-order valence-electron chi connectivity index (χ4n) is 11.9. The van der Waals surface area contributed by atoms with Gasteiger partial charge in [-0.05, 0) is 54.7 Å². The molecule has 6 aliphatic rings. The first-order chi connectivity index (χ1) is 41.2. The van der Waals surface area contributed by atoms with Crippen LogP contribution in [0.5, 0.6) is 0 Å². The van der Waals surface area contributed by atoms with E-state index < -0.39 is 139 Å². The first kappa shape index (κ1) is 61.6. The van der Waals surface area contributed by atoms with Crippen molar-refractivity contribution < 1.29 is 78.1 Å². The molecule has 6 fully saturated rings. The number of benzene rings is 3. The molecule has 466 valence electrons. The minimum atomic E-state index is -1.86. The standard InChI is InChI=1S/C56H74FN13O16/c57-31-15-29-35(70(28-9-10-28)22-30(41(29)71)53(79)80)17-36(31)68-13-11-67(12-14-68)20-24-1-3-25(4-2-24)21-69-23-34(65-66-69)26-5-7-27(8-6-26)64-52(78)51-50(84-55-40(63)46(76)44(74)38(19-59)82-55)47(77)56(86-51)85-49-42(72)32(60)16-33(61)48(49)83-54-39(62)45(75)43(73)37(18-58)81-54/h1-8,15,17,22-23,28,32-33,37-40,42-51,54-56,72-77H,9-14,16,18-21,58-63H2,(H,64,78)(H,79,80)/t32-,33+,37-,38+,39-,40-,42+,43-,44-,45-,46-,47-,48-,49-,50+,51+,54-,55-,56-/m1/s1. The van der Waals surface area contributed by atoms with Crippen molar-refractivity contribution >= 4 is 34.2 Å². The number of ether oxygens (including phenoxy) is 6. The molecule has 0 unspecified atom stereocenters. The van der Waals surface area contributed by atoms with Crippen LogP contribution < -0.4 is 50.0 Å². The van der Waals surface area contributed by atoms with Crippen LogP contribution in [0.15, 0.2) is 77.9 Å². The lowest BCUT2D eigenvalue weighted by Crippen LogP contribution is -2.68. The van der Waals surface area contributed by atoms with Crippen molar-refractivity contribution in [1.82, 2.24) is 24.5 Å². The highest BCUT2D eigenvalue weighted by atomic mass is 19.1. The molecule has 1 amide bonds. The summed E-state index contributed by atoms with van der Waals surface area (Å²) in [6.45, 7) is 3.04. The van der Waals surface area contributed by atoms with Crippen molar-refractivity contribution in [2.75, 3.05) is 49.5 Å². The SMILES string of the molecule is NC[C@@H]1O[C@H](O[C@H]2[C@@H](O)[C@H](O[C@@H]3[C@@H](O)[C@H](N)C[C@H](N)[C@H]3O[C@H]3O[C@H](CN)[C@@H](O)[C@H](O)[C@H]3N)O[C@@H]2C(=O)Nc2ccc(-c3cn(Cc4ccc(CN5CCN(c6cc7c(cc6F)c(=O)c(C(=O)O)cn7C6CC6)CC5)cc4)nn3)cc2)[C@H](N)[C@@H](O)[C@@H]1O. The Morgan fingerprint density at radius 3 is 1.87 bits per heavy atom. The van der Waals surface area contributed by atoms with Gasteiger partial charge in [-0.25, -0.2) is 13.9 Å². The molecule has 4 aliphatic heterocycles. The first-order valence-corrected chi connectivity index (χ1v) is 28.6. The summed E-state index contributed by atoms with van der Waals surface area (Å²) in [5.41, 5.74) is 40.2. The van der Waals surface area contributed by atoms with Gasteiger partial charge >= 0.3 is 5.97 Å². The van der Waals surface area contributed by atoms with E-state index in [1.807, 2.05) is 29.2 Å². The molecule has 29 nitrogen and oxygen atoms in total. The summed E-state index contributed by atoms with van der Waals surface area (Å²) in [7, 11) is 0. The van der Waals surface area contributed by atoms with Crippen LogP contribution in [0.2, 0.25) is 0 Å². The van der Waals surface area contributed by atoms with Crippen LogP contribution in [0, 0.1) is 5.82 Å². The van der Waals surface area contributed by atoms with Crippen molar-refractivity contribution in [1.29, 1.82) is 0 Å². The molecule has 0 spiro atoms. The molecule has 4 saturated heterocycles. The van der Waals surface area contributed by atoms with Crippen LogP contribution in [0.25, 0.3) is 22.2 Å². The molecule has 5 aromatic rings. The molecule has 0 bridgehead atoms. The molecule has 30 heteroatoms. The third-order valence-electron chi connectivity index (χ3n) is 17.1. The second kappa shape index (κ2) is 25.6. The first-order valence-electron chi connectivity index (χ1n) is 28.6. The Balaban J connectivity index is 0.719. The van der Waals surface area contributed by atoms with Gasteiger partial charge in [-0.2, -0.15) is 0 Å². The number of nitrogens with one attached hydrogen (secondary N) is 1. The quantitative estimate of drug-likeness (QED) is 0.0396. The Kier molecular flexibility index (Phi) is 18.3. The summed E-state index contributed by atoms with van der Waals surface area (Å²) in [6.07, 6.45) is -17.7. The van der Waals surface area contributed by atoms with E-state index in [1.54, 1.807) is 45.8 Å². The maximum Gasteiger partial charge on any atom is 0.341 e. The Labute approximate surface area is 491 Å². The summed E-state index contributed by atoms with van der Waals surface area (Å²) < 4.78 is 55.3. The summed E-state index contributed by atoms with van der Waals surface area (Å²) in [5.74, 6) is -2.75. The minimum absolute atomic E-state index is 0.00550. The molecule has 3 aromatic carbocycles. The number of hydrogen-bond acceptors (Lipinski definition) is 25. The number of amides is 1. The van der Waals surface area contributed by atoms with E-state index in [9.17, 15) is 50.1 Å². The van der Waals surface area contributed by atoms with Crippen molar-refractivity contribution in [2.24, 2.45) is 34.4 Å². The topological polar surface area (TPSA) is 458 Å². The Morgan fingerprint density at radius 1 is 0.686 bits per heavy atom. The number of carboxylic acid groups (broad SMARTS) is 1. The number of piperazine rings is 1. The molecule has 20 N–H and O–H groups in total. The second-order valence-electron chi connectivity index (χ2n) is 23.0. The van der Waals surface area contributed by atoms with Gasteiger partial charge in [-0.1, -0.05) is 41.6 Å². The Hall–Kier alpha value is -6.08. The Morgan fingerprint density at radius 2 is 1.28 bits per heavy atom. The zero-order valence-corrected chi connectivity index (χ0v) is 46.6. The van der Waals surface area contributed by atoms with Crippen LogP contribution >= 0.6 is 0 Å². The fraction of sp³-hybridized carbons (Fsp3) is 0.554. The van der Waals surface area contributed by atoms with Gasteiger partial charge in [0.2, 0.25) is 5.43 Å². The number of fused-ring (bicyclic) bond motifs is 1. The van der Waals surface area contributed by atoms with E-state index >= 15 is 4.39 Å². The van der Waals surface area contributed by atoms with Gasteiger partial charge in [0, 0.05) is 86.8 Å². The number of anilines is 2. The molecule has 0 radical (unpaired) electrons. The number of halogens is 1. The summed E-state index contributed by atoms with van der Waals surface area (Å²) in [5, 5.41) is 87.0. The zero-order valence-electron chi connectivity index (χ0n) is 46.6. The second-order valence-corrected chi connectivity index (χ2v) is 23.0. The molecule has 19 atom stereocenters. The monoisotopic (exact) mass is 1200 g/mol. The molecule has 2 aliphatic carbocycles. The van der Waals surface area contributed by atoms with Crippen molar-refractivity contribution in [3.05, 3.63) is 106 Å². The van der Waals surface area contributed by atoms with Gasteiger partial charge in [-0.15, -0.1) is 5.10 Å². The normalized spacial score (nSPS) is 34.4. The lowest BCUT2D eigenvalue weighted by molar-refractivity contribution is -0.306. The van der Waals surface area contributed by atoms with Crippen LogP contribution in [0.1, 0.15) is 46.8 Å². The minimum Gasteiger partial charge on any atom is -0.477 e. The summed E-state index contributed by atoms with van der Waals surface area (Å²) in [4.78, 5) is 43.3. The highest BCUT2D eigenvalue weighted by Crippen LogP contribution is 2.39. The largest absolute Gasteiger partial charge is 0.477 e. The molecule has 2 aromatic heterocycles. The average Bonchev–Trinajstić information content (AvgIpc) is 2.14. The van der Waals surface area contributed by atoms with Crippen LogP contribution in [0.4, 0.5) is 15.8 Å². The van der Waals surface area contributed by atoms with Gasteiger partial charge in [0.05, 0.1) is 42.1 Å². The van der Waals surface area contributed by atoms with Crippen LogP contribution in [-0.4, -0.2) is 228 Å². The van der Waals surface area contributed by atoms with E-state index in [2.05, 4.69) is 20.5 Å². The van der Waals surface area contributed by atoms with E-state index in [4.69, 9.17) is 62.8 Å². The number of aliphatic hydroxyl groups is 6. The number of carbonyl (C=O) groups excluding carboxylic acids is 1. The third-order valence-corrected chi connectivity index (χ3v) is 17.1. The predicted octanol–water partition coefficient (Wildman–Crippen LogP) is -4.13. The summed E-state index contributed by atoms with van der Waals surface area (Å²) in [6, 6.07) is 13.0. The maximum absolute atomic E-state index is 15.6. The molecule has 11 rings (SSSR count). The smallest absolute Gasteiger partial charge is 0.341 e. The van der Waals surface area contributed by atoms with Crippen LogP contribution in [-0.2, 0) is 46.3 Å². The lowest BCUT2D eigenvalue weighted by Gasteiger charge is -2.47. The average molecular weight is 1200 g/mol. The fourth-order valence-corrected chi connectivity index (χ4v) is 11.9. The predicted molar refractivity (Wildman–Crippen MR) is 302 cm³/mol. The number of pyridine rings is 1. The van der Waals surface area contributed by atoms with E-state index in [0.717, 1.165) is 24.0 Å². The highest BCUT2D eigenvalue weighted by Gasteiger charge is 2.56. The third kappa shape index (κ3) is 12.5. The molecule has 6 heterocycles. The van der Waals surface area contributed by atoms with Crippen molar-refractivity contribution in [3.63, 3.8) is 0 Å². The Bertz CT molecular complexity index is 3260. The maximum atomic E-state index is 15.6. The highest BCUT2D eigenvalue weighted by molar-refractivity contribution is 5.95. The van der Waals surface area contributed by atoms with Gasteiger partial charge in [-0.3, -0.25) is 14.5 Å². The number of rotatable bonds is 18. The van der Waals surface area contributed by atoms with Gasteiger partial charge < -0.3 is 113 Å². The summed E-state index contributed by atoms with van der Waals surface area (Å²) >= 11 is 0. The number of aromatic nitrogens is 4. The van der Waals surface area contributed by atoms with E-state index in [-0.39, 0.29) is 42.2 Å². The van der Waals surface area contributed by atoms with Crippen molar-refractivity contribution in [2.45, 2.75) is 155 Å². The molecule has 86 heavy (non-hydrogen) atoms. The van der Waals surface area contributed by atoms with E-state index in [1.165, 1.54) is 12.3 Å². The number of nitrogens with two attached hydrogens (primary N) is 6. The number of carboxylic acids is 1. The number of aliphatic hydroxyl groups excluding tert-OH is 6. The number of nitrogens with zero attached hydrogens (tertiary/aromatic N) is 6. The zero-order chi connectivity index (χ0) is 61.0. The van der Waals surface area contributed by atoms with Gasteiger partial charge in [0.1, 0.15) is 78.1 Å². The van der Waals surface area contributed by atoms with E-state index in [0.29, 0.717) is 61.7 Å². The number of carbonyl (C=O) groups is 2. The van der Waals surface area contributed by atoms with Gasteiger partial charge in [0.25, 0.3) is 5.91 Å². The van der Waals surface area contributed by atoms with Crippen LogP contribution in [0.3, 0.4) is 0 Å². The number of hydrogen-bond donors (Lipinski definition) is 14. The van der Waals surface area contributed by atoms with Gasteiger partial charge in [0.15, 0.2) is 25.0 Å².